The van der Waals surface area contributed by atoms with Gasteiger partial charge in [0, 0.05) is 43.3 Å². The van der Waals surface area contributed by atoms with Gasteiger partial charge in [0.1, 0.15) is 23.6 Å². The maximum Gasteiger partial charge on any atom is 0.387 e. The van der Waals surface area contributed by atoms with Gasteiger partial charge in [-0.2, -0.15) is 8.78 Å². The number of alkyl halides is 2. The molecule has 0 unspecified atom stereocenters. The number of hydrogen-bond acceptors (Lipinski definition) is 9. The van der Waals surface area contributed by atoms with E-state index in [0.29, 0.717) is 17.1 Å². The second kappa shape index (κ2) is 9.77. The highest BCUT2D eigenvalue weighted by Crippen LogP contribution is 2.25. The number of rotatable bonds is 9. The molecule has 11 heteroatoms. The van der Waals surface area contributed by atoms with Gasteiger partial charge < -0.3 is 19.7 Å². The van der Waals surface area contributed by atoms with E-state index in [1.54, 1.807) is 24.7 Å². The molecule has 0 atom stereocenters. The Morgan fingerprint density at radius 2 is 1.91 bits per heavy atom. The van der Waals surface area contributed by atoms with Crippen molar-refractivity contribution >= 4 is 12.1 Å². The fraction of sp³-hybridized carbons (Fsp3) is 0.190. The summed E-state index contributed by atoms with van der Waals surface area (Å²) in [5, 5.41) is 3.29. The molecule has 1 aromatic carbocycles. The van der Waals surface area contributed by atoms with Crippen LogP contribution in [0.5, 0.6) is 17.5 Å². The molecule has 1 aliphatic rings. The monoisotopic (exact) mass is 440 g/mol. The molecule has 1 fully saturated rings. The predicted octanol–water partition coefficient (Wildman–Crippen LogP) is 3.14. The van der Waals surface area contributed by atoms with Crippen LogP contribution in [0.25, 0.3) is 11.3 Å². The van der Waals surface area contributed by atoms with Crippen molar-refractivity contribution < 1.29 is 23.0 Å². The van der Waals surface area contributed by atoms with Crippen molar-refractivity contribution in [3.05, 3.63) is 61.3 Å². The summed E-state index contributed by atoms with van der Waals surface area (Å²) < 4.78 is 34.5. The Bertz CT molecular complexity index is 1090. The molecule has 3 aromatic rings. The summed E-state index contributed by atoms with van der Waals surface area (Å²) in [6, 6.07) is 6.06. The second-order valence-corrected chi connectivity index (χ2v) is 6.77. The maximum absolute atomic E-state index is 12.3. The fourth-order valence-corrected chi connectivity index (χ4v) is 2.99. The van der Waals surface area contributed by atoms with Gasteiger partial charge in [0.2, 0.25) is 0 Å². The van der Waals surface area contributed by atoms with Gasteiger partial charge in [-0.3, -0.25) is 9.78 Å². The number of halogens is 2. The van der Waals surface area contributed by atoms with E-state index in [1.807, 2.05) is 4.90 Å². The average Bonchev–Trinajstić information content (AvgIpc) is 2.76. The molecular formula is C21H18F2N6O3. The predicted molar refractivity (Wildman–Crippen MR) is 110 cm³/mol. The summed E-state index contributed by atoms with van der Waals surface area (Å²) >= 11 is 0. The number of carbonyl (C=O) groups is 1. The lowest BCUT2D eigenvalue weighted by atomic mass is 10.1. The van der Waals surface area contributed by atoms with Crippen LogP contribution in [0.15, 0.2) is 61.3 Å². The van der Waals surface area contributed by atoms with Gasteiger partial charge in [-0.05, 0) is 18.2 Å². The SMILES string of the molecule is O=CC=CN1CC(Nc2cncc(-c3cnc(Oc4cccc(OC(F)F)c4)nc3)n2)C1. The molecule has 0 amide bonds. The quantitative estimate of drug-likeness (QED) is 0.397. The van der Waals surface area contributed by atoms with Crippen molar-refractivity contribution in [2.45, 2.75) is 12.7 Å². The summed E-state index contributed by atoms with van der Waals surface area (Å²) in [5.74, 6) is 0.852. The van der Waals surface area contributed by atoms with Crippen molar-refractivity contribution in [3.8, 4) is 28.8 Å². The molecule has 1 saturated heterocycles. The number of hydrogen-bond donors (Lipinski definition) is 1. The van der Waals surface area contributed by atoms with Crippen LogP contribution in [0, 0.1) is 0 Å². The first kappa shape index (κ1) is 21.1. The van der Waals surface area contributed by atoms with Crippen LogP contribution in [0.3, 0.4) is 0 Å². The summed E-state index contributed by atoms with van der Waals surface area (Å²) in [7, 11) is 0. The smallest absolute Gasteiger partial charge is 0.387 e. The minimum absolute atomic E-state index is 0.0250. The number of carbonyl (C=O) groups excluding carboxylic acids is 1. The van der Waals surface area contributed by atoms with E-state index in [0.717, 1.165) is 19.4 Å². The first-order chi connectivity index (χ1) is 15.6. The van der Waals surface area contributed by atoms with Crippen LogP contribution < -0.4 is 14.8 Å². The number of likely N-dealkylation sites (tertiary alicyclic amines) is 1. The van der Waals surface area contributed by atoms with Crippen molar-refractivity contribution in [1.29, 1.82) is 0 Å². The van der Waals surface area contributed by atoms with E-state index in [4.69, 9.17) is 4.74 Å². The summed E-state index contributed by atoms with van der Waals surface area (Å²) in [5.41, 5.74) is 1.21. The summed E-state index contributed by atoms with van der Waals surface area (Å²) in [4.78, 5) is 29.4. The Labute approximate surface area is 181 Å². The number of allylic oxidation sites excluding steroid dienone is 1. The highest BCUT2D eigenvalue weighted by Gasteiger charge is 2.24. The molecule has 164 valence electrons. The molecule has 4 rings (SSSR count). The number of ether oxygens (including phenoxy) is 2. The van der Waals surface area contributed by atoms with Gasteiger partial charge in [-0.25, -0.2) is 15.0 Å². The zero-order valence-corrected chi connectivity index (χ0v) is 16.6. The second-order valence-electron chi connectivity index (χ2n) is 6.77. The standard InChI is InChI=1S/C21H18F2N6O3/c22-20(23)31-16-3-1-4-17(7-16)32-21-25-8-14(9-26-21)18-10-24-11-19(28-18)27-15-12-29(13-15)5-2-6-30/h1-11,15,20H,12-13H2,(H,27,28). The first-order valence-corrected chi connectivity index (χ1v) is 9.59. The molecule has 3 heterocycles. The lowest BCUT2D eigenvalue weighted by Crippen LogP contribution is -2.52. The van der Waals surface area contributed by atoms with Crippen LogP contribution in [0.1, 0.15) is 0 Å². The van der Waals surface area contributed by atoms with Crippen LogP contribution in [-0.4, -0.2) is 56.9 Å². The highest BCUT2D eigenvalue weighted by molar-refractivity contribution is 5.64. The number of aldehydes is 1. The fourth-order valence-electron chi connectivity index (χ4n) is 2.99. The molecule has 0 bridgehead atoms. The molecule has 32 heavy (non-hydrogen) atoms. The van der Waals surface area contributed by atoms with Gasteiger partial charge in [-0.15, -0.1) is 0 Å². The molecule has 1 aliphatic heterocycles. The van der Waals surface area contributed by atoms with Crippen LogP contribution in [-0.2, 0) is 4.79 Å². The van der Waals surface area contributed by atoms with Gasteiger partial charge in [0.05, 0.1) is 24.1 Å². The summed E-state index contributed by atoms with van der Waals surface area (Å²) in [6.07, 6.45) is 10.2. The summed E-state index contributed by atoms with van der Waals surface area (Å²) in [6.45, 7) is -1.40. The van der Waals surface area contributed by atoms with Crippen molar-refractivity contribution in [2.75, 3.05) is 18.4 Å². The van der Waals surface area contributed by atoms with E-state index < -0.39 is 6.61 Å². The Morgan fingerprint density at radius 1 is 1.12 bits per heavy atom. The van der Waals surface area contributed by atoms with Gasteiger partial charge in [0.25, 0.3) is 0 Å². The molecule has 2 aromatic heterocycles. The Balaban J connectivity index is 1.37. The average molecular weight is 440 g/mol. The third-order valence-electron chi connectivity index (χ3n) is 4.44. The Hall–Kier alpha value is -4.15. The molecule has 0 saturated carbocycles. The lowest BCUT2D eigenvalue weighted by molar-refractivity contribution is -0.104. The molecular weight excluding hydrogens is 422 g/mol. The van der Waals surface area contributed by atoms with Crippen molar-refractivity contribution in [1.82, 2.24) is 24.8 Å². The third kappa shape index (κ3) is 5.50. The van der Waals surface area contributed by atoms with Gasteiger partial charge >= 0.3 is 12.6 Å². The number of benzene rings is 1. The molecule has 0 radical (unpaired) electrons. The molecule has 0 aliphatic carbocycles. The maximum atomic E-state index is 12.3. The van der Waals surface area contributed by atoms with Gasteiger partial charge in [0.15, 0.2) is 0 Å². The number of nitrogens with one attached hydrogen (secondary N) is 1. The topological polar surface area (TPSA) is 102 Å². The van der Waals surface area contributed by atoms with E-state index in [2.05, 4.69) is 30.0 Å². The van der Waals surface area contributed by atoms with Crippen molar-refractivity contribution in [3.63, 3.8) is 0 Å². The van der Waals surface area contributed by atoms with E-state index in [-0.39, 0.29) is 23.6 Å². The zero-order chi connectivity index (χ0) is 22.3. The Morgan fingerprint density at radius 3 is 2.66 bits per heavy atom. The van der Waals surface area contributed by atoms with E-state index in [9.17, 15) is 13.6 Å². The van der Waals surface area contributed by atoms with E-state index in [1.165, 1.54) is 36.7 Å². The Kier molecular flexibility index (Phi) is 6.44. The number of anilines is 1. The minimum atomic E-state index is -2.92. The third-order valence-corrected chi connectivity index (χ3v) is 4.44. The van der Waals surface area contributed by atoms with Crippen LogP contribution in [0.4, 0.5) is 14.6 Å². The largest absolute Gasteiger partial charge is 0.435 e. The van der Waals surface area contributed by atoms with Crippen LogP contribution >= 0.6 is 0 Å². The van der Waals surface area contributed by atoms with E-state index >= 15 is 0 Å². The normalized spacial score (nSPS) is 13.8. The highest BCUT2D eigenvalue weighted by atomic mass is 19.3. The number of nitrogens with zero attached hydrogens (tertiary/aromatic N) is 5. The van der Waals surface area contributed by atoms with Crippen LogP contribution in [0.2, 0.25) is 0 Å². The van der Waals surface area contributed by atoms with Gasteiger partial charge in [-0.1, -0.05) is 6.07 Å². The number of aromatic nitrogens is 4. The molecule has 9 nitrogen and oxygen atoms in total. The lowest BCUT2D eigenvalue weighted by Gasteiger charge is -2.39. The molecule has 1 N–H and O–H groups in total. The van der Waals surface area contributed by atoms with Crippen molar-refractivity contribution in [2.24, 2.45) is 0 Å². The molecule has 0 spiro atoms. The first-order valence-electron chi connectivity index (χ1n) is 9.59. The zero-order valence-electron chi connectivity index (χ0n) is 16.6. The minimum Gasteiger partial charge on any atom is -0.435 e.